The summed E-state index contributed by atoms with van der Waals surface area (Å²) in [7, 11) is 0. The summed E-state index contributed by atoms with van der Waals surface area (Å²) >= 11 is 0. The first-order chi connectivity index (χ1) is 19.2. The maximum atomic E-state index is 14.0. The molecule has 2 fully saturated rings. The standard InChI is InChI=1S/C30H25N3O7/c1-2-17-7-11-20(12-8-17)32-27(34)24-25(28(32)35)30(29(36)37,16-18-9-13-21(14-10-18)33(38)39)31-26(24)23-15-19-5-3-4-6-22(19)40-23/h3-15,24-26,31H,2,16H2,1H3,(H,36,37). The van der Waals surface area contributed by atoms with Gasteiger partial charge < -0.3 is 9.52 Å². The number of para-hydroxylation sites is 1. The van der Waals surface area contributed by atoms with Crippen molar-refractivity contribution in [1.29, 1.82) is 0 Å². The van der Waals surface area contributed by atoms with E-state index in [1.54, 1.807) is 24.3 Å². The van der Waals surface area contributed by atoms with E-state index < -0.39 is 46.1 Å². The number of carboxylic acids is 1. The van der Waals surface area contributed by atoms with Crippen molar-refractivity contribution in [3.8, 4) is 0 Å². The number of non-ortho nitro benzene ring substituents is 1. The number of benzene rings is 3. The Morgan fingerprint density at radius 1 is 1.02 bits per heavy atom. The topological polar surface area (TPSA) is 143 Å². The minimum absolute atomic E-state index is 0.139. The summed E-state index contributed by atoms with van der Waals surface area (Å²) in [6.07, 6.45) is 0.600. The lowest BCUT2D eigenvalue weighted by atomic mass is 9.76. The average Bonchev–Trinajstić information content (AvgIpc) is 3.61. The minimum Gasteiger partial charge on any atom is -0.480 e. The van der Waals surface area contributed by atoms with E-state index in [-0.39, 0.29) is 12.1 Å². The second-order valence-corrected chi connectivity index (χ2v) is 10.2. The fraction of sp³-hybridized carbons (Fsp3) is 0.233. The third-order valence-electron chi connectivity index (χ3n) is 8.02. The van der Waals surface area contributed by atoms with Gasteiger partial charge in [-0.1, -0.05) is 49.4 Å². The number of nitro groups is 1. The highest BCUT2D eigenvalue weighted by Crippen LogP contribution is 2.51. The van der Waals surface area contributed by atoms with Gasteiger partial charge in [0.05, 0.1) is 28.5 Å². The van der Waals surface area contributed by atoms with Gasteiger partial charge >= 0.3 is 5.97 Å². The molecule has 6 rings (SSSR count). The zero-order valence-electron chi connectivity index (χ0n) is 21.4. The highest BCUT2D eigenvalue weighted by Gasteiger charge is 2.69. The van der Waals surface area contributed by atoms with Crippen molar-refractivity contribution in [2.75, 3.05) is 4.90 Å². The number of nitrogens with one attached hydrogen (secondary N) is 1. The van der Waals surface area contributed by atoms with Crippen LogP contribution in [0.1, 0.15) is 29.9 Å². The first-order valence-electron chi connectivity index (χ1n) is 12.9. The number of carbonyl (C=O) groups excluding carboxylic acids is 2. The molecule has 0 saturated carbocycles. The van der Waals surface area contributed by atoms with Crippen molar-refractivity contribution in [2.24, 2.45) is 11.8 Å². The van der Waals surface area contributed by atoms with Crippen molar-refractivity contribution in [1.82, 2.24) is 5.32 Å². The maximum Gasteiger partial charge on any atom is 0.325 e. The van der Waals surface area contributed by atoms with E-state index in [0.29, 0.717) is 22.6 Å². The van der Waals surface area contributed by atoms with Gasteiger partial charge in [0, 0.05) is 23.9 Å². The van der Waals surface area contributed by atoms with E-state index in [4.69, 9.17) is 4.42 Å². The molecule has 4 atom stereocenters. The quantitative estimate of drug-likeness (QED) is 0.200. The Morgan fingerprint density at radius 3 is 2.33 bits per heavy atom. The molecule has 0 aliphatic carbocycles. The molecule has 2 saturated heterocycles. The number of fused-ring (bicyclic) bond motifs is 2. The van der Waals surface area contributed by atoms with Gasteiger partial charge in [0.1, 0.15) is 16.9 Å². The molecule has 4 unspecified atom stereocenters. The van der Waals surface area contributed by atoms with Gasteiger partial charge in [0.25, 0.3) is 5.69 Å². The summed E-state index contributed by atoms with van der Waals surface area (Å²) in [5.74, 6) is -4.38. The molecule has 10 heteroatoms. The van der Waals surface area contributed by atoms with Crippen molar-refractivity contribution in [3.63, 3.8) is 0 Å². The SMILES string of the molecule is CCc1ccc(N2C(=O)C3C(c4cc5ccccc5o4)NC(Cc4ccc([N+](=O)[O-])cc4)(C(=O)O)C3C2=O)cc1. The van der Waals surface area contributed by atoms with E-state index in [0.717, 1.165) is 22.3 Å². The Balaban J connectivity index is 1.47. The second-order valence-electron chi connectivity index (χ2n) is 10.2. The van der Waals surface area contributed by atoms with Gasteiger partial charge in [-0.05, 0) is 41.8 Å². The second kappa shape index (κ2) is 9.42. The molecular formula is C30H25N3O7. The molecule has 2 aliphatic heterocycles. The van der Waals surface area contributed by atoms with Crippen molar-refractivity contribution in [3.05, 3.63) is 106 Å². The normalized spacial score (nSPS) is 24.0. The molecule has 2 amide bonds. The number of nitrogens with zero attached hydrogens (tertiary/aromatic N) is 2. The Hall–Kier alpha value is -4.83. The predicted octanol–water partition coefficient (Wildman–Crippen LogP) is 4.42. The van der Waals surface area contributed by atoms with Crippen LogP contribution in [0.4, 0.5) is 11.4 Å². The molecule has 3 heterocycles. The number of nitro benzene ring substituents is 1. The lowest BCUT2D eigenvalue weighted by Crippen LogP contribution is -2.57. The summed E-state index contributed by atoms with van der Waals surface area (Å²) in [4.78, 5) is 52.8. The third-order valence-corrected chi connectivity index (χ3v) is 8.02. The number of anilines is 1. The number of carboxylic acid groups (broad SMARTS) is 1. The van der Waals surface area contributed by atoms with Crippen molar-refractivity contribution < 1.29 is 28.8 Å². The molecule has 4 aromatic rings. The van der Waals surface area contributed by atoms with Gasteiger partial charge in [-0.3, -0.25) is 29.8 Å². The number of aryl methyl sites for hydroxylation is 1. The molecule has 0 spiro atoms. The van der Waals surface area contributed by atoms with Crippen LogP contribution in [0.3, 0.4) is 0 Å². The lowest BCUT2D eigenvalue weighted by Gasteiger charge is -2.31. The fourth-order valence-electron chi connectivity index (χ4n) is 6.03. The zero-order valence-corrected chi connectivity index (χ0v) is 21.4. The number of hydrogen-bond donors (Lipinski definition) is 2. The van der Waals surface area contributed by atoms with Gasteiger partial charge in [0.15, 0.2) is 0 Å². The lowest BCUT2D eigenvalue weighted by molar-refractivity contribution is -0.384. The summed E-state index contributed by atoms with van der Waals surface area (Å²) in [5.41, 5.74) is 0.426. The van der Waals surface area contributed by atoms with E-state index >= 15 is 0 Å². The van der Waals surface area contributed by atoms with Crippen LogP contribution in [0.25, 0.3) is 11.0 Å². The maximum absolute atomic E-state index is 14.0. The molecule has 2 aliphatic rings. The first-order valence-corrected chi connectivity index (χ1v) is 12.9. The Labute approximate surface area is 228 Å². The van der Waals surface area contributed by atoms with E-state index in [1.807, 2.05) is 37.3 Å². The van der Waals surface area contributed by atoms with Gasteiger partial charge in [-0.25, -0.2) is 4.90 Å². The van der Waals surface area contributed by atoms with E-state index in [2.05, 4.69) is 5.32 Å². The van der Waals surface area contributed by atoms with Crippen LogP contribution in [0.15, 0.2) is 83.3 Å². The van der Waals surface area contributed by atoms with Crippen LogP contribution in [-0.2, 0) is 27.2 Å². The Bertz CT molecular complexity index is 1630. The number of rotatable bonds is 7. The van der Waals surface area contributed by atoms with E-state index in [9.17, 15) is 29.6 Å². The molecule has 1 aromatic heterocycles. The summed E-state index contributed by atoms with van der Waals surface area (Å²) in [6, 6.07) is 20.7. The van der Waals surface area contributed by atoms with Crippen LogP contribution >= 0.6 is 0 Å². The number of hydrogen-bond acceptors (Lipinski definition) is 7. The highest BCUT2D eigenvalue weighted by molar-refractivity contribution is 6.24. The largest absolute Gasteiger partial charge is 0.480 e. The number of aliphatic carboxylic acids is 1. The number of carbonyl (C=O) groups is 3. The Morgan fingerprint density at radius 2 is 1.70 bits per heavy atom. The van der Waals surface area contributed by atoms with Crippen LogP contribution in [0, 0.1) is 22.0 Å². The van der Waals surface area contributed by atoms with Crippen LogP contribution in [0.2, 0.25) is 0 Å². The predicted molar refractivity (Wildman–Crippen MR) is 145 cm³/mol. The average molecular weight is 540 g/mol. The molecule has 202 valence electrons. The molecule has 3 aromatic carbocycles. The molecular weight excluding hydrogens is 514 g/mol. The van der Waals surface area contributed by atoms with Crippen molar-refractivity contribution >= 4 is 40.1 Å². The molecule has 10 nitrogen and oxygen atoms in total. The molecule has 40 heavy (non-hydrogen) atoms. The Kier molecular flexibility index (Phi) is 5.99. The van der Waals surface area contributed by atoms with Gasteiger partial charge in [-0.2, -0.15) is 0 Å². The molecule has 0 radical (unpaired) electrons. The van der Waals surface area contributed by atoms with Crippen molar-refractivity contribution in [2.45, 2.75) is 31.3 Å². The highest BCUT2D eigenvalue weighted by atomic mass is 16.6. The third kappa shape index (κ3) is 3.87. The number of amides is 2. The monoisotopic (exact) mass is 539 g/mol. The van der Waals surface area contributed by atoms with Crippen LogP contribution < -0.4 is 10.2 Å². The van der Waals surface area contributed by atoms with E-state index in [1.165, 1.54) is 24.3 Å². The van der Waals surface area contributed by atoms with Gasteiger partial charge in [-0.15, -0.1) is 0 Å². The van der Waals surface area contributed by atoms with Crippen LogP contribution in [-0.4, -0.2) is 33.4 Å². The fourth-order valence-corrected chi connectivity index (χ4v) is 6.03. The molecule has 2 N–H and O–H groups in total. The number of furan rings is 1. The smallest absolute Gasteiger partial charge is 0.325 e. The summed E-state index contributed by atoms with van der Waals surface area (Å²) in [5, 5.41) is 25.7. The molecule has 0 bridgehead atoms. The van der Waals surface area contributed by atoms with Gasteiger partial charge in [0.2, 0.25) is 11.8 Å². The summed E-state index contributed by atoms with van der Waals surface area (Å²) in [6.45, 7) is 1.99. The number of imide groups is 1. The zero-order chi connectivity index (χ0) is 28.2. The minimum atomic E-state index is -1.88. The summed E-state index contributed by atoms with van der Waals surface area (Å²) < 4.78 is 6.07. The van der Waals surface area contributed by atoms with Crippen LogP contribution in [0.5, 0.6) is 0 Å². The first kappa shape index (κ1) is 25.4.